The van der Waals surface area contributed by atoms with Crippen molar-refractivity contribution in [3.63, 3.8) is 0 Å². The lowest BCUT2D eigenvalue weighted by molar-refractivity contribution is 0.370. The van der Waals surface area contributed by atoms with Crippen LogP contribution in [0.3, 0.4) is 0 Å². The van der Waals surface area contributed by atoms with Crippen molar-refractivity contribution in [2.24, 2.45) is 0 Å². The quantitative estimate of drug-likeness (QED) is 0.472. The first-order chi connectivity index (χ1) is 16.0. The fourth-order valence-electron chi connectivity index (χ4n) is 4.36. The second-order valence-electron chi connectivity index (χ2n) is 8.29. The van der Waals surface area contributed by atoms with Gasteiger partial charge < -0.3 is 15.6 Å². The van der Waals surface area contributed by atoms with Gasteiger partial charge in [0.2, 0.25) is 0 Å². The van der Waals surface area contributed by atoms with Crippen LogP contribution in [0.15, 0.2) is 55.0 Å². The van der Waals surface area contributed by atoms with E-state index in [4.69, 9.17) is 15.7 Å². The molecule has 1 aliphatic heterocycles. The van der Waals surface area contributed by atoms with E-state index in [1.165, 1.54) is 24.3 Å². The lowest BCUT2D eigenvalue weighted by Crippen LogP contribution is -2.29. The zero-order valence-electron chi connectivity index (χ0n) is 18.2. The van der Waals surface area contributed by atoms with E-state index in [0.717, 1.165) is 48.3 Å². The van der Waals surface area contributed by atoms with Gasteiger partial charge in [0.15, 0.2) is 5.82 Å². The van der Waals surface area contributed by atoms with E-state index in [2.05, 4.69) is 14.9 Å². The highest BCUT2D eigenvalue weighted by atomic mass is 19.1. The van der Waals surface area contributed by atoms with Crippen LogP contribution in [0.25, 0.3) is 34.0 Å². The Morgan fingerprint density at radius 2 is 1.70 bits per heavy atom. The number of aromatic nitrogens is 4. The number of benzene rings is 2. The molecule has 1 aliphatic rings. The van der Waals surface area contributed by atoms with E-state index in [9.17, 15) is 8.78 Å². The Kier molecular flexibility index (Phi) is 5.60. The minimum absolute atomic E-state index is 0.230. The Balaban J connectivity index is 1.70. The lowest BCUT2D eigenvalue weighted by Gasteiger charge is -2.26. The van der Waals surface area contributed by atoms with Gasteiger partial charge in [-0.15, -0.1) is 0 Å². The molecule has 8 heteroatoms. The normalized spacial score (nSPS) is 14.5. The van der Waals surface area contributed by atoms with Crippen molar-refractivity contribution in [3.8, 4) is 34.0 Å². The highest BCUT2D eigenvalue weighted by Crippen LogP contribution is 2.37. The molecule has 3 heterocycles. The maximum Gasteiger partial charge on any atom is 0.160 e. The molecule has 6 nitrogen and oxygen atoms in total. The van der Waals surface area contributed by atoms with E-state index >= 15 is 0 Å². The van der Waals surface area contributed by atoms with Crippen molar-refractivity contribution >= 4 is 5.69 Å². The molecule has 5 rings (SSSR count). The molecule has 33 heavy (non-hydrogen) atoms. The second-order valence-corrected chi connectivity index (χ2v) is 8.29. The Bertz CT molecular complexity index is 1290. The summed E-state index contributed by atoms with van der Waals surface area (Å²) in [5.41, 5.74) is 11.1. The summed E-state index contributed by atoms with van der Waals surface area (Å²) in [6.45, 7) is 3.64. The summed E-state index contributed by atoms with van der Waals surface area (Å²) in [5.74, 6) is -0.164. The number of piperidine rings is 1. The minimum Gasteiger partial charge on any atom is -0.396 e. The Labute approximate surface area is 190 Å². The fraction of sp³-hybridized carbons (Fsp3) is 0.240. The van der Waals surface area contributed by atoms with Gasteiger partial charge in [-0.05, 0) is 80.9 Å². The molecule has 1 fully saturated rings. The van der Waals surface area contributed by atoms with Crippen LogP contribution in [0.5, 0.6) is 0 Å². The summed E-state index contributed by atoms with van der Waals surface area (Å²) in [5, 5.41) is 3.38. The molecule has 0 bridgehead atoms. The smallest absolute Gasteiger partial charge is 0.160 e. The van der Waals surface area contributed by atoms with Gasteiger partial charge in [-0.1, -0.05) is 0 Å². The third kappa shape index (κ3) is 4.09. The van der Waals surface area contributed by atoms with Gasteiger partial charge in [0, 0.05) is 17.2 Å². The Morgan fingerprint density at radius 1 is 0.970 bits per heavy atom. The van der Waals surface area contributed by atoms with Crippen molar-refractivity contribution in [1.29, 1.82) is 0 Å². The zero-order chi connectivity index (χ0) is 22.9. The number of rotatable bonds is 4. The maximum absolute atomic E-state index is 13.7. The van der Waals surface area contributed by atoms with Gasteiger partial charge in [-0.2, -0.15) is 0 Å². The zero-order valence-corrected chi connectivity index (χ0v) is 18.2. The number of hydrogen-bond donors (Lipinski definition) is 2. The van der Waals surface area contributed by atoms with Crippen molar-refractivity contribution in [2.45, 2.75) is 25.8 Å². The van der Waals surface area contributed by atoms with Gasteiger partial charge in [0.05, 0.1) is 29.6 Å². The first-order valence-corrected chi connectivity index (χ1v) is 10.9. The van der Waals surface area contributed by atoms with Gasteiger partial charge >= 0.3 is 0 Å². The van der Waals surface area contributed by atoms with E-state index in [-0.39, 0.29) is 17.7 Å². The van der Waals surface area contributed by atoms with Crippen LogP contribution in [0, 0.1) is 18.6 Å². The van der Waals surface area contributed by atoms with Crippen molar-refractivity contribution < 1.29 is 8.78 Å². The molecule has 0 radical (unpaired) electrons. The molecular formula is C25H24F2N6. The van der Waals surface area contributed by atoms with Crippen LogP contribution in [-0.4, -0.2) is 32.6 Å². The van der Waals surface area contributed by atoms with Gasteiger partial charge in [-0.3, -0.25) is 0 Å². The van der Waals surface area contributed by atoms with Gasteiger partial charge in [-0.25, -0.2) is 23.7 Å². The third-order valence-electron chi connectivity index (χ3n) is 6.08. The Morgan fingerprint density at radius 3 is 2.42 bits per heavy atom. The van der Waals surface area contributed by atoms with Crippen molar-refractivity contribution in [3.05, 3.63) is 72.2 Å². The van der Waals surface area contributed by atoms with Crippen LogP contribution in [0.1, 0.15) is 24.4 Å². The maximum atomic E-state index is 13.7. The van der Waals surface area contributed by atoms with Crippen LogP contribution >= 0.6 is 0 Å². The molecule has 3 N–H and O–H groups in total. The molecule has 0 spiro atoms. The molecule has 4 aromatic rings. The highest BCUT2D eigenvalue weighted by molar-refractivity contribution is 5.83. The molecule has 0 amide bonds. The summed E-state index contributed by atoms with van der Waals surface area (Å²) in [6.07, 6.45) is 5.28. The predicted molar refractivity (Wildman–Crippen MR) is 124 cm³/mol. The topological polar surface area (TPSA) is 81.6 Å². The molecular weight excluding hydrogens is 422 g/mol. The van der Waals surface area contributed by atoms with E-state index in [0.29, 0.717) is 22.9 Å². The molecule has 0 aliphatic carbocycles. The fourth-order valence-corrected chi connectivity index (χ4v) is 4.36. The monoisotopic (exact) mass is 446 g/mol. The van der Waals surface area contributed by atoms with Gasteiger partial charge in [0.25, 0.3) is 0 Å². The highest BCUT2D eigenvalue weighted by Gasteiger charge is 2.25. The van der Waals surface area contributed by atoms with E-state index in [1.54, 1.807) is 24.4 Å². The molecule has 0 unspecified atom stereocenters. The predicted octanol–water partition coefficient (Wildman–Crippen LogP) is 4.77. The Hall–Kier alpha value is -3.65. The number of nitrogens with two attached hydrogens (primary N) is 1. The van der Waals surface area contributed by atoms with E-state index in [1.807, 2.05) is 13.3 Å². The molecule has 168 valence electrons. The summed E-state index contributed by atoms with van der Waals surface area (Å²) in [4.78, 5) is 13.9. The molecule has 2 aromatic heterocycles. The first-order valence-electron chi connectivity index (χ1n) is 10.9. The number of hydrogen-bond acceptors (Lipinski definition) is 5. The SMILES string of the molecule is Cc1cc(F)ccc1-c1ncc(N)c(-c2c(-c3ccc(F)cc3)ncn2C2CCNCC2)n1. The standard InChI is InChI=1S/C25H24F2N6/c1-15-12-18(27)6-7-20(15)25-30-13-21(28)23(32-25)24-22(16-2-4-17(26)5-3-16)31-14-33(24)19-8-10-29-11-9-19/h2-7,12-14,19,29H,8-11,28H2,1H3. The molecule has 0 saturated carbocycles. The average Bonchev–Trinajstić information content (AvgIpc) is 3.26. The number of anilines is 1. The summed E-state index contributed by atoms with van der Waals surface area (Å²) >= 11 is 0. The van der Waals surface area contributed by atoms with Crippen molar-refractivity contribution in [1.82, 2.24) is 24.8 Å². The first kappa shape index (κ1) is 21.2. The summed E-state index contributed by atoms with van der Waals surface area (Å²) in [7, 11) is 0. The van der Waals surface area contributed by atoms with Crippen LogP contribution in [0.4, 0.5) is 14.5 Å². The van der Waals surface area contributed by atoms with Crippen LogP contribution in [0.2, 0.25) is 0 Å². The molecule has 2 aromatic carbocycles. The van der Waals surface area contributed by atoms with E-state index < -0.39 is 0 Å². The largest absolute Gasteiger partial charge is 0.396 e. The minimum atomic E-state index is -0.311. The molecule has 1 saturated heterocycles. The molecule has 0 atom stereocenters. The summed E-state index contributed by atoms with van der Waals surface area (Å²) < 4.78 is 29.4. The van der Waals surface area contributed by atoms with Crippen molar-refractivity contribution in [2.75, 3.05) is 18.8 Å². The summed E-state index contributed by atoms with van der Waals surface area (Å²) in [6, 6.07) is 11.0. The number of nitrogens with one attached hydrogen (secondary N) is 1. The van der Waals surface area contributed by atoms with Crippen LogP contribution in [-0.2, 0) is 0 Å². The number of nitrogens with zero attached hydrogens (tertiary/aromatic N) is 4. The third-order valence-corrected chi connectivity index (χ3v) is 6.08. The number of imidazole rings is 1. The second kappa shape index (κ2) is 8.71. The number of halogens is 2. The number of nitrogen functional groups attached to an aromatic ring is 1. The number of aryl methyl sites for hydroxylation is 1. The van der Waals surface area contributed by atoms with Gasteiger partial charge in [0.1, 0.15) is 17.3 Å². The lowest BCUT2D eigenvalue weighted by atomic mass is 10.0. The van der Waals surface area contributed by atoms with Crippen LogP contribution < -0.4 is 11.1 Å². The average molecular weight is 447 g/mol.